The first-order valence-electron chi connectivity index (χ1n) is 3.43. The van der Waals surface area contributed by atoms with Gasteiger partial charge in [0.05, 0.1) is 5.69 Å². The fourth-order valence-electron chi connectivity index (χ4n) is 1.21. The number of thiophene rings is 1. The maximum atomic E-state index is 5.91. The van der Waals surface area contributed by atoms with Gasteiger partial charge in [0.2, 0.25) is 0 Å². The summed E-state index contributed by atoms with van der Waals surface area (Å²) < 4.78 is 0. The highest BCUT2D eigenvalue weighted by atomic mass is 35.5. The van der Waals surface area contributed by atoms with Gasteiger partial charge in [-0.3, -0.25) is 0 Å². The van der Waals surface area contributed by atoms with E-state index in [1.807, 2.05) is 6.08 Å². The molecule has 1 N–H and O–H groups in total. The predicted molar refractivity (Wildman–Crippen MR) is 51.2 cm³/mol. The zero-order valence-corrected chi connectivity index (χ0v) is 7.67. The molecule has 1 unspecified atom stereocenters. The summed E-state index contributed by atoms with van der Waals surface area (Å²) in [5.74, 6) is 0. The lowest BCUT2D eigenvalue weighted by atomic mass is 10.1. The lowest BCUT2D eigenvalue weighted by molar-refractivity contribution is 1.21. The molecule has 0 radical (unpaired) electrons. The van der Waals surface area contributed by atoms with Gasteiger partial charge in [0.1, 0.15) is 5.50 Å². The molecule has 0 saturated carbocycles. The second-order valence-corrected chi connectivity index (χ2v) is 3.81. The molecule has 11 heavy (non-hydrogen) atoms. The maximum Gasteiger partial charge on any atom is 0.121 e. The Labute approximate surface area is 74.7 Å². The number of hydrogen-bond donors (Lipinski definition) is 1. The average Bonchev–Trinajstić information content (AvgIpc) is 2.34. The van der Waals surface area contributed by atoms with E-state index in [0.29, 0.717) is 0 Å². The van der Waals surface area contributed by atoms with Gasteiger partial charge in [0.15, 0.2) is 0 Å². The number of hydrogen-bond acceptors (Lipinski definition) is 2. The first-order valence-corrected chi connectivity index (χ1v) is 4.81. The van der Waals surface area contributed by atoms with Crippen molar-refractivity contribution >= 4 is 34.2 Å². The van der Waals surface area contributed by atoms with Crippen LogP contribution in [-0.4, -0.2) is 5.50 Å². The summed E-state index contributed by atoms with van der Waals surface area (Å²) in [7, 11) is 0. The van der Waals surface area contributed by atoms with Crippen LogP contribution in [0.25, 0.3) is 5.57 Å². The van der Waals surface area contributed by atoms with Gasteiger partial charge in [0.25, 0.3) is 0 Å². The zero-order valence-electron chi connectivity index (χ0n) is 6.10. The summed E-state index contributed by atoms with van der Waals surface area (Å²) in [6, 6.07) is 0. The molecule has 0 amide bonds. The van der Waals surface area contributed by atoms with Crippen LogP contribution in [0.4, 0.5) is 5.69 Å². The van der Waals surface area contributed by atoms with Gasteiger partial charge in [-0.2, -0.15) is 0 Å². The Morgan fingerprint density at radius 3 is 3.18 bits per heavy atom. The third-order valence-corrected chi connectivity index (χ3v) is 2.76. The number of rotatable bonds is 0. The average molecular weight is 186 g/mol. The highest BCUT2D eigenvalue weighted by molar-refractivity contribution is 7.08. The fraction of sp³-hybridized carbons (Fsp3) is 0.250. The van der Waals surface area contributed by atoms with E-state index in [1.54, 1.807) is 11.3 Å². The molecule has 0 aliphatic carbocycles. The van der Waals surface area contributed by atoms with E-state index in [9.17, 15) is 0 Å². The summed E-state index contributed by atoms with van der Waals surface area (Å²) in [5, 5.41) is 7.39. The number of allylic oxidation sites excluding steroid dienone is 1. The third-order valence-electron chi connectivity index (χ3n) is 1.78. The Morgan fingerprint density at radius 1 is 1.55 bits per heavy atom. The molecule has 58 valence electrons. The van der Waals surface area contributed by atoms with Crippen molar-refractivity contribution in [2.24, 2.45) is 0 Å². The van der Waals surface area contributed by atoms with Gasteiger partial charge in [-0.05, 0) is 18.6 Å². The van der Waals surface area contributed by atoms with E-state index in [1.165, 1.54) is 11.1 Å². The molecule has 0 aromatic carbocycles. The molecule has 1 aliphatic rings. The molecular weight excluding hydrogens is 178 g/mol. The second kappa shape index (κ2) is 2.54. The molecule has 1 nitrogen and oxygen atoms in total. The van der Waals surface area contributed by atoms with Gasteiger partial charge in [-0.1, -0.05) is 11.6 Å². The van der Waals surface area contributed by atoms with Gasteiger partial charge in [-0.15, -0.1) is 11.3 Å². The molecule has 0 fully saturated rings. The molecular formula is C8H8ClNS. The van der Waals surface area contributed by atoms with Crippen molar-refractivity contribution in [2.45, 2.75) is 12.4 Å². The summed E-state index contributed by atoms with van der Waals surface area (Å²) in [6.45, 7) is 2.09. The monoisotopic (exact) mass is 185 g/mol. The molecule has 1 aromatic rings. The third kappa shape index (κ3) is 1.17. The predicted octanol–water partition coefficient (Wildman–Crippen LogP) is 3.14. The summed E-state index contributed by atoms with van der Waals surface area (Å²) in [4.78, 5) is 0. The van der Waals surface area contributed by atoms with E-state index in [4.69, 9.17) is 11.6 Å². The SMILES string of the molecule is CC1=CC(Cl)Nc2cscc21. The Hall–Kier alpha value is -0.470. The second-order valence-electron chi connectivity index (χ2n) is 2.59. The van der Waals surface area contributed by atoms with E-state index >= 15 is 0 Å². The summed E-state index contributed by atoms with van der Waals surface area (Å²) in [5.41, 5.74) is 3.67. The van der Waals surface area contributed by atoms with Crippen LogP contribution in [0.15, 0.2) is 16.8 Å². The van der Waals surface area contributed by atoms with Gasteiger partial charge >= 0.3 is 0 Å². The Morgan fingerprint density at radius 2 is 2.36 bits per heavy atom. The van der Waals surface area contributed by atoms with Crippen molar-refractivity contribution in [2.75, 3.05) is 5.32 Å². The van der Waals surface area contributed by atoms with Crippen LogP contribution in [-0.2, 0) is 0 Å². The number of anilines is 1. The Kier molecular flexibility index (Phi) is 1.66. The van der Waals surface area contributed by atoms with Crippen molar-refractivity contribution in [1.29, 1.82) is 0 Å². The number of fused-ring (bicyclic) bond motifs is 1. The number of alkyl halides is 1. The standard InChI is InChI=1S/C8H8ClNS/c1-5-2-8(9)10-7-4-11-3-6(5)7/h2-4,8,10H,1H3. The molecule has 3 heteroatoms. The van der Waals surface area contributed by atoms with E-state index in [-0.39, 0.29) is 5.50 Å². The van der Waals surface area contributed by atoms with Crippen molar-refractivity contribution < 1.29 is 0 Å². The Bertz CT molecular complexity index is 303. The van der Waals surface area contributed by atoms with Crippen LogP contribution in [0.5, 0.6) is 0 Å². The minimum atomic E-state index is -0.0444. The lowest BCUT2D eigenvalue weighted by Crippen LogP contribution is -2.13. The number of nitrogens with one attached hydrogen (secondary N) is 1. The van der Waals surface area contributed by atoms with Gasteiger partial charge in [0, 0.05) is 16.3 Å². The van der Waals surface area contributed by atoms with Crippen LogP contribution >= 0.6 is 22.9 Å². The highest BCUT2D eigenvalue weighted by Gasteiger charge is 2.14. The first-order chi connectivity index (χ1) is 5.27. The number of halogens is 1. The molecule has 1 atom stereocenters. The quantitative estimate of drug-likeness (QED) is 0.484. The minimum absolute atomic E-state index is 0.0444. The molecule has 0 spiro atoms. The van der Waals surface area contributed by atoms with E-state index in [2.05, 4.69) is 23.0 Å². The van der Waals surface area contributed by atoms with Crippen LogP contribution in [0.1, 0.15) is 12.5 Å². The normalized spacial score (nSPS) is 22.0. The smallest absolute Gasteiger partial charge is 0.121 e. The molecule has 2 rings (SSSR count). The van der Waals surface area contributed by atoms with Crippen molar-refractivity contribution in [1.82, 2.24) is 0 Å². The lowest BCUT2D eigenvalue weighted by Gasteiger charge is -2.17. The molecule has 0 saturated heterocycles. The van der Waals surface area contributed by atoms with Crippen LogP contribution in [0.2, 0.25) is 0 Å². The molecule has 1 aliphatic heterocycles. The van der Waals surface area contributed by atoms with Gasteiger partial charge in [-0.25, -0.2) is 0 Å². The summed E-state index contributed by atoms with van der Waals surface area (Å²) in [6.07, 6.45) is 2.02. The fourth-order valence-corrected chi connectivity index (χ4v) is 2.37. The van der Waals surface area contributed by atoms with Crippen LogP contribution < -0.4 is 5.32 Å². The Balaban J connectivity index is 2.50. The summed E-state index contributed by atoms with van der Waals surface area (Å²) >= 11 is 7.61. The van der Waals surface area contributed by atoms with Crippen LogP contribution in [0.3, 0.4) is 0 Å². The van der Waals surface area contributed by atoms with Gasteiger partial charge < -0.3 is 5.32 Å². The zero-order chi connectivity index (χ0) is 7.84. The molecule has 0 bridgehead atoms. The van der Waals surface area contributed by atoms with E-state index < -0.39 is 0 Å². The topological polar surface area (TPSA) is 12.0 Å². The maximum absolute atomic E-state index is 5.91. The van der Waals surface area contributed by atoms with E-state index in [0.717, 1.165) is 5.69 Å². The minimum Gasteiger partial charge on any atom is -0.365 e. The van der Waals surface area contributed by atoms with Crippen molar-refractivity contribution in [3.8, 4) is 0 Å². The largest absolute Gasteiger partial charge is 0.365 e. The molecule has 1 aromatic heterocycles. The van der Waals surface area contributed by atoms with Crippen molar-refractivity contribution in [3.63, 3.8) is 0 Å². The highest BCUT2D eigenvalue weighted by Crippen LogP contribution is 2.32. The first kappa shape index (κ1) is 7.19. The van der Waals surface area contributed by atoms with Crippen molar-refractivity contribution in [3.05, 3.63) is 22.4 Å². The molecule has 2 heterocycles. The van der Waals surface area contributed by atoms with Crippen LogP contribution in [0, 0.1) is 0 Å².